The molecule has 0 N–H and O–H groups in total. The van der Waals surface area contributed by atoms with Crippen LogP contribution in [0.4, 0.5) is 0 Å². The minimum Gasteiger partial charge on any atom is -0.494 e. The van der Waals surface area contributed by atoms with Crippen molar-refractivity contribution < 1.29 is 9.77 Å². The van der Waals surface area contributed by atoms with Crippen molar-refractivity contribution in [2.75, 3.05) is 26.9 Å². The Morgan fingerprint density at radius 3 is 2.96 bits per heavy atom. The lowest BCUT2D eigenvalue weighted by atomic mass is 10.0. The quantitative estimate of drug-likeness (QED) is 0.565. The Balaban J connectivity index is 1.77. The van der Waals surface area contributed by atoms with Crippen molar-refractivity contribution in [1.82, 2.24) is 19.7 Å². The third kappa shape index (κ3) is 4.39. The number of nitrogens with zero attached hydrogens (tertiary/aromatic N) is 6. The first-order valence-electron chi connectivity index (χ1n) is 7.69. The number of hydrogen-bond acceptors (Lipinski definition) is 6. The van der Waals surface area contributed by atoms with Crippen LogP contribution in [0.1, 0.15) is 18.2 Å². The number of guanidine groups is 1. The van der Waals surface area contributed by atoms with Crippen LogP contribution in [0.25, 0.3) is 0 Å². The van der Waals surface area contributed by atoms with Gasteiger partial charge in [0.25, 0.3) is 5.96 Å². The number of hydrazone groups is 1. The summed E-state index contributed by atoms with van der Waals surface area (Å²) in [6.45, 7) is 4.25. The Morgan fingerprint density at radius 2 is 2.36 bits per heavy atom. The van der Waals surface area contributed by atoms with E-state index in [1.165, 1.54) is 11.3 Å². The van der Waals surface area contributed by atoms with Crippen LogP contribution in [0.15, 0.2) is 23.6 Å². The lowest BCUT2D eigenvalue weighted by Crippen LogP contribution is -2.59. The molecule has 0 amide bonds. The molecule has 0 aromatic carbocycles. The Morgan fingerprint density at radius 1 is 1.56 bits per heavy atom. The number of halogens is 1. The van der Waals surface area contributed by atoms with E-state index in [1.807, 2.05) is 11.0 Å². The zero-order chi connectivity index (χ0) is 18.0. The normalized spacial score (nSPS) is 25.6. The van der Waals surface area contributed by atoms with E-state index in [9.17, 15) is 10.1 Å². The van der Waals surface area contributed by atoms with E-state index in [2.05, 4.69) is 21.9 Å². The molecule has 136 valence electrons. The highest BCUT2D eigenvalue weighted by atomic mass is 35.5. The second kappa shape index (κ2) is 7.14. The van der Waals surface area contributed by atoms with Crippen LogP contribution < -0.4 is 0 Å². The summed E-state index contributed by atoms with van der Waals surface area (Å²) in [5, 5.41) is 13.8. The number of hydrogen-bond donors (Lipinski definition) is 0. The van der Waals surface area contributed by atoms with Crippen molar-refractivity contribution in [1.29, 1.82) is 0 Å². The van der Waals surface area contributed by atoms with Crippen LogP contribution >= 0.6 is 22.9 Å². The van der Waals surface area contributed by atoms with E-state index < -0.39 is 5.03 Å². The van der Waals surface area contributed by atoms with Crippen LogP contribution in [0, 0.1) is 10.1 Å². The summed E-state index contributed by atoms with van der Waals surface area (Å²) in [6.07, 6.45) is 6.25. The lowest BCUT2D eigenvalue weighted by molar-refractivity contribution is -0.486. The zero-order valence-corrected chi connectivity index (χ0v) is 15.5. The predicted molar refractivity (Wildman–Crippen MR) is 94.5 cm³/mol. The molecule has 1 unspecified atom stereocenters. The Kier molecular flexibility index (Phi) is 5.11. The molecule has 1 aromatic rings. The first kappa shape index (κ1) is 17.9. The number of aromatic nitrogens is 1. The van der Waals surface area contributed by atoms with Crippen LogP contribution in [0.3, 0.4) is 0 Å². The predicted octanol–water partition coefficient (Wildman–Crippen LogP) is 2.00. The third-order valence-corrected chi connectivity index (χ3v) is 5.11. The molecule has 0 aliphatic carbocycles. The van der Waals surface area contributed by atoms with Gasteiger partial charge in [-0.1, -0.05) is 11.6 Å². The monoisotopic (exact) mass is 386 g/mol. The molecule has 2 aliphatic heterocycles. The smallest absolute Gasteiger partial charge is 0.276 e. The van der Waals surface area contributed by atoms with Gasteiger partial charge in [0.15, 0.2) is 9.50 Å². The molecular weight excluding hydrogens is 368 g/mol. The minimum atomic E-state index is -0.667. The van der Waals surface area contributed by atoms with Crippen LogP contribution in [0.2, 0.25) is 4.47 Å². The number of thiazole rings is 1. The number of nitro groups is 1. The van der Waals surface area contributed by atoms with Gasteiger partial charge < -0.3 is 14.5 Å². The first-order chi connectivity index (χ1) is 11.8. The number of ether oxygens (including phenoxy) is 1. The molecule has 1 saturated heterocycles. The van der Waals surface area contributed by atoms with Crippen molar-refractivity contribution in [3.05, 3.63) is 38.0 Å². The van der Waals surface area contributed by atoms with Crippen molar-refractivity contribution in [3.63, 3.8) is 0 Å². The molecule has 1 fully saturated rings. The van der Waals surface area contributed by atoms with E-state index >= 15 is 0 Å². The fraction of sp³-hybridized carbons (Fsp3) is 0.571. The Bertz CT molecular complexity index is 700. The maximum absolute atomic E-state index is 10.9. The lowest BCUT2D eigenvalue weighted by Gasteiger charge is -2.43. The highest BCUT2D eigenvalue weighted by molar-refractivity contribution is 7.15. The number of rotatable bonds is 5. The SMILES string of the molecule is CN1CN(CC2(C)CC=CO2)CN(Cc2cnc(Cl)s2)/C1=N\[N+](=O)[O-]. The van der Waals surface area contributed by atoms with Crippen LogP contribution in [-0.2, 0) is 11.3 Å². The molecule has 0 saturated carbocycles. The molecule has 1 atom stereocenters. The Labute approximate surface area is 154 Å². The van der Waals surface area contributed by atoms with Gasteiger partial charge in [-0.25, -0.2) is 15.1 Å². The summed E-state index contributed by atoms with van der Waals surface area (Å²) in [4.78, 5) is 21.7. The van der Waals surface area contributed by atoms with Gasteiger partial charge in [-0.05, 0) is 13.0 Å². The zero-order valence-electron chi connectivity index (χ0n) is 14.0. The van der Waals surface area contributed by atoms with Gasteiger partial charge in [0, 0.05) is 31.1 Å². The average Bonchev–Trinajstić information content (AvgIpc) is 3.11. The second-order valence-electron chi connectivity index (χ2n) is 6.37. The van der Waals surface area contributed by atoms with Crippen molar-refractivity contribution in [3.8, 4) is 0 Å². The van der Waals surface area contributed by atoms with Crippen molar-refractivity contribution in [2.45, 2.75) is 25.5 Å². The summed E-state index contributed by atoms with van der Waals surface area (Å²) >= 11 is 7.25. The van der Waals surface area contributed by atoms with E-state index in [-0.39, 0.29) is 5.60 Å². The van der Waals surface area contributed by atoms with Gasteiger partial charge in [-0.15, -0.1) is 11.3 Å². The standard InChI is InChI=1S/C14H19ClN6O3S/c1-14(4-3-5-24-14)8-19-9-18(2)13(17-21(22)23)20(10-19)7-11-6-16-12(15)25-11/h3,5-6H,4,7-10H2,1-2H3/b17-13-. The first-order valence-corrected chi connectivity index (χ1v) is 8.88. The summed E-state index contributed by atoms with van der Waals surface area (Å²) in [7, 11) is 1.79. The molecule has 0 spiro atoms. The van der Waals surface area contributed by atoms with Gasteiger partial charge >= 0.3 is 0 Å². The second-order valence-corrected chi connectivity index (χ2v) is 8.07. The van der Waals surface area contributed by atoms with E-state index in [1.54, 1.807) is 24.4 Å². The molecule has 25 heavy (non-hydrogen) atoms. The maximum Gasteiger partial charge on any atom is 0.276 e. The van der Waals surface area contributed by atoms with Gasteiger partial charge in [0.2, 0.25) is 0 Å². The van der Waals surface area contributed by atoms with E-state index in [0.29, 0.717) is 36.9 Å². The van der Waals surface area contributed by atoms with E-state index in [4.69, 9.17) is 16.3 Å². The van der Waals surface area contributed by atoms with Gasteiger partial charge in [0.1, 0.15) is 10.7 Å². The molecular formula is C14H19ClN6O3S. The molecule has 11 heteroatoms. The molecule has 0 radical (unpaired) electrons. The average molecular weight is 387 g/mol. The van der Waals surface area contributed by atoms with Crippen LogP contribution in [0.5, 0.6) is 0 Å². The van der Waals surface area contributed by atoms with Gasteiger partial charge in [-0.3, -0.25) is 4.90 Å². The van der Waals surface area contributed by atoms with Crippen LogP contribution in [-0.4, -0.2) is 63.2 Å². The summed E-state index contributed by atoms with van der Waals surface area (Å²) in [5.74, 6) is 0.321. The van der Waals surface area contributed by atoms with E-state index in [0.717, 1.165) is 11.3 Å². The molecule has 1 aromatic heterocycles. The summed E-state index contributed by atoms with van der Waals surface area (Å²) < 4.78 is 6.15. The Hall–Kier alpha value is -1.91. The fourth-order valence-corrected chi connectivity index (χ4v) is 4.06. The highest BCUT2D eigenvalue weighted by Crippen LogP contribution is 2.26. The largest absolute Gasteiger partial charge is 0.494 e. The highest BCUT2D eigenvalue weighted by Gasteiger charge is 2.35. The van der Waals surface area contributed by atoms with Gasteiger partial charge in [-0.2, -0.15) is 0 Å². The minimum absolute atomic E-state index is 0.280. The molecule has 2 aliphatic rings. The maximum atomic E-state index is 10.9. The fourth-order valence-electron chi connectivity index (χ4n) is 3.06. The summed E-state index contributed by atoms with van der Waals surface area (Å²) in [6, 6.07) is 0. The topological polar surface area (TPSA) is 87.3 Å². The molecule has 9 nitrogen and oxygen atoms in total. The third-order valence-electron chi connectivity index (χ3n) is 4.01. The van der Waals surface area contributed by atoms with Gasteiger partial charge in [0.05, 0.1) is 26.1 Å². The summed E-state index contributed by atoms with van der Waals surface area (Å²) in [5.41, 5.74) is -0.280. The van der Waals surface area contributed by atoms with Crippen molar-refractivity contribution >= 4 is 28.9 Å². The van der Waals surface area contributed by atoms with Crippen molar-refractivity contribution in [2.24, 2.45) is 5.10 Å². The molecule has 3 rings (SSSR count). The molecule has 3 heterocycles. The molecule has 0 bridgehead atoms.